The molecule has 0 heterocycles. The molecule has 0 N–H and O–H groups in total. The van der Waals surface area contributed by atoms with Crippen molar-refractivity contribution < 1.29 is 4.65 Å². The molecule has 0 spiro atoms. The van der Waals surface area contributed by atoms with Crippen LogP contribution < -0.4 is 0 Å². The molecule has 2 nitrogen and oxygen atoms in total. The summed E-state index contributed by atoms with van der Waals surface area (Å²) in [6.07, 6.45) is 3.94. The van der Waals surface area contributed by atoms with Gasteiger partial charge in [-0.2, -0.15) is 0 Å². The summed E-state index contributed by atoms with van der Waals surface area (Å²) >= 11 is 0. The van der Waals surface area contributed by atoms with Gasteiger partial charge in [-0.3, -0.25) is 0 Å². The zero-order valence-electron chi connectivity index (χ0n) is 8.97. The Balaban J connectivity index is 2.66. The number of hydrogen-bond donors (Lipinski definition) is 0. The van der Waals surface area contributed by atoms with Crippen molar-refractivity contribution in [2.24, 2.45) is 0 Å². The molecule has 0 aliphatic heterocycles. The highest BCUT2D eigenvalue weighted by atomic mass is 16.5. The van der Waals surface area contributed by atoms with Crippen molar-refractivity contribution in [3.05, 3.63) is 47.2 Å². The van der Waals surface area contributed by atoms with E-state index in [1.807, 2.05) is 49.4 Å². The number of benzene rings is 1. The van der Waals surface area contributed by atoms with E-state index in [0.717, 1.165) is 5.56 Å². The van der Waals surface area contributed by atoms with Gasteiger partial charge in [0.2, 0.25) is 0 Å². The van der Waals surface area contributed by atoms with Crippen LogP contribution in [0.1, 0.15) is 12.5 Å². The van der Waals surface area contributed by atoms with E-state index in [9.17, 15) is 5.21 Å². The van der Waals surface area contributed by atoms with E-state index in [-0.39, 0.29) is 10.7 Å². The monoisotopic (exact) mass is 191 g/mol. The summed E-state index contributed by atoms with van der Waals surface area (Å²) in [5.41, 5.74) is 1.13. The highest BCUT2D eigenvalue weighted by molar-refractivity contribution is 5.49. The molecule has 0 saturated heterocycles. The second kappa shape index (κ2) is 4.40. The zero-order chi connectivity index (χ0) is 10.6. The first-order chi connectivity index (χ1) is 6.50. The number of hydrogen-bond acceptors (Lipinski definition) is 1. The molecule has 0 aliphatic carbocycles. The van der Waals surface area contributed by atoms with E-state index in [1.54, 1.807) is 14.1 Å². The van der Waals surface area contributed by atoms with E-state index < -0.39 is 0 Å². The van der Waals surface area contributed by atoms with Crippen molar-refractivity contribution in [1.82, 2.24) is 0 Å². The number of rotatable bonds is 3. The second-order valence-electron chi connectivity index (χ2n) is 3.94. The molecule has 0 saturated carbocycles. The highest BCUT2D eigenvalue weighted by Crippen LogP contribution is 2.08. The number of hydroxylamine groups is 3. The summed E-state index contributed by atoms with van der Waals surface area (Å²) in [5.74, 6) is 0. The van der Waals surface area contributed by atoms with Gasteiger partial charge in [0.25, 0.3) is 0 Å². The summed E-state index contributed by atoms with van der Waals surface area (Å²) in [5, 5.41) is 11.5. The first-order valence-corrected chi connectivity index (χ1v) is 4.78. The molecule has 1 atom stereocenters. The van der Waals surface area contributed by atoms with Gasteiger partial charge in [0.15, 0.2) is 0 Å². The molecule has 0 amide bonds. The van der Waals surface area contributed by atoms with E-state index in [2.05, 4.69) is 0 Å². The van der Waals surface area contributed by atoms with Crippen molar-refractivity contribution in [2.45, 2.75) is 13.0 Å². The molecule has 0 aromatic heterocycles. The lowest BCUT2D eigenvalue weighted by Gasteiger charge is -2.38. The first-order valence-electron chi connectivity index (χ1n) is 4.78. The fourth-order valence-electron chi connectivity index (χ4n) is 1.02. The Morgan fingerprint density at radius 3 is 2.29 bits per heavy atom. The van der Waals surface area contributed by atoms with Crippen LogP contribution in [0.3, 0.4) is 0 Å². The van der Waals surface area contributed by atoms with Crippen molar-refractivity contribution in [3.8, 4) is 0 Å². The Bertz CT molecular complexity index is 298. The minimum Gasteiger partial charge on any atom is -0.633 e. The molecule has 0 unspecified atom stereocenters. The fraction of sp³-hybridized carbons (Fsp3) is 0.333. The predicted octanol–water partition coefficient (Wildman–Crippen LogP) is 2.66. The van der Waals surface area contributed by atoms with Gasteiger partial charge in [0.1, 0.15) is 6.04 Å². The lowest BCUT2D eigenvalue weighted by atomic mass is 10.2. The largest absolute Gasteiger partial charge is 0.633 e. The van der Waals surface area contributed by atoms with Gasteiger partial charge < -0.3 is 9.85 Å². The minimum absolute atomic E-state index is 0.0183. The third-order valence-electron chi connectivity index (χ3n) is 2.35. The van der Waals surface area contributed by atoms with Crippen LogP contribution in [-0.4, -0.2) is 24.8 Å². The van der Waals surface area contributed by atoms with Crippen molar-refractivity contribution in [2.75, 3.05) is 14.1 Å². The van der Waals surface area contributed by atoms with Crippen LogP contribution in [0, 0.1) is 5.21 Å². The van der Waals surface area contributed by atoms with Crippen molar-refractivity contribution in [1.29, 1.82) is 0 Å². The maximum Gasteiger partial charge on any atom is 0.104 e. The molecule has 1 aromatic carbocycles. The van der Waals surface area contributed by atoms with Crippen LogP contribution in [0.2, 0.25) is 0 Å². The standard InChI is InChI=1S/C12H17NO/c1-11(13(2,3)14)9-10-12-7-5-4-6-8-12/h4-11H,1-3H3/b10-9+/t11-/m1/s1. The average Bonchev–Trinajstić information content (AvgIpc) is 2.14. The Hall–Kier alpha value is -1.12. The lowest BCUT2D eigenvalue weighted by Crippen LogP contribution is -2.39. The average molecular weight is 191 g/mol. The zero-order valence-corrected chi connectivity index (χ0v) is 8.97. The van der Waals surface area contributed by atoms with Crippen LogP contribution in [0.15, 0.2) is 36.4 Å². The van der Waals surface area contributed by atoms with E-state index in [0.29, 0.717) is 0 Å². The minimum atomic E-state index is -0.288. The smallest absolute Gasteiger partial charge is 0.104 e. The molecule has 0 radical (unpaired) electrons. The molecular weight excluding hydrogens is 174 g/mol. The van der Waals surface area contributed by atoms with E-state index in [4.69, 9.17) is 0 Å². The van der Waals surface area contributed by atoms with Crippen LogP contribution in [-0.2, 0) is 0 Å². The molecule has 0 aliphatic rings. The van der Waals surface area contributed by atoms with Crippen molar-refractivity contribution >= 4 is 6.08 Å². The molecular formula is C12H17NO. The van der Waals surface area contributed by atoms with Gasteiger partial charge in [-0.1, -0.05) is 36.4 Å². The Kier molecular flexibility index (Phi) is 3.44. The molecule has 2 heteroatoms. The maximum absolute atomic E-state index is 11.5. The number of nitrogens with zero attached hydrogens (tertiary/aromatic N) is 1. The maximum atomic E-state index is 11.5. The van der Waals surface area contributed by atoms with Gasteiger partial charge in [-0.25, -0.2) is 0 Å². The third kappa shape index (κ3) is 3.32. The van der Waals surface area contributed by atoms with Crippen LogP contribution in [0.25, 0.3) is 6.08 Å². The van der Waals surface area contributed by atoms with Crippen LogP contribution in [0.4, 0.5) is 0 Å². The molecule has 0 fully saturated rings. The summed E-state index contributed by atoms with van der Waals surface area (Å²) in [4.78, 5) is 0. The normalized spacial score (nSPS) is 14.6. The molecule has 1 aromatic rings. The topological polar surface area (TPSA) is 23.1 Å². The summed E-state index contributed by atoms with van der Waals surface area (Å²) in [6.45, 7) is 1.92. The fourth-order valence-corrected chi connectivity index (χ4v) is 1.02. The van der Waals surface area contributed by atoms with Crippen LogP contribution in [0.5, 0.6) is 0 Å². The van der Waals surface area contributed by atoms with Crippen LogP contribution >= 0.6 is 0 Å². The molecule has 0 bridgehead atoms. The quantitative estimate of drug-likeness (QED) is 0.532. The molecule has 14 heavy (non-hydrogen) atoms. The highest BCUT2D eigenvalue weighted by Gasteiger charge is 2.09. The van der Waals surface area contributed by atoms with Crippen molar-refractivity contribution in [3.63, 3.8) is 0 Å². The Labute approximate surface area is 85.6 Å². The van der Waals surface area contributed by atoms with Gasteiger partial charge in [-0.05, 0) is 18.6 Å². The molecule has 76 valence electrons. The summed E-state index contributed by atoms with van der Waals surface area (Å²) in [6, 6.07) is 9.98. The summed E-state index contributed by atoms with van der Waals surface area (Å²) < 4.78 is -0.288. The second-order valence-corrected chi connectivity index (χ2v) is 3.94. The SMILES string of the molecule is C[C@H](/C=C/c1ccccc1)[N+](C)(C)[O-]. The van der Waals surface area contributed by atoms with E-state index in [1.165, 1.54) is 0 Å². The lowest BCUT2D eigenvalue weighted by molar-refractivity contribution is -0.857. The summed E-state index contributed by atoms with van der Waals surface area (Å²) in [7, 11) is 3.31. The molecule has 1 rings (SSSR count). The first kappa shape index (κ1) is 11.0. The third-order valence-corrected chi connectivity index (χ3v) is 2.35. The van der Waals surface area contributed by atoms with E-state index >= 15 is 0 Å². The number of quaternary nitrogens is 1. The van der Waals surface area contributed by atoms with Gasteiger partial charge in [0.05, 0.1) is 14.1 Å². The Morgan fingerprint density at radius 2 is 1.79 bits per heavy atom. The van der Waals surface area contributed by atoms with Gasteiger partial charge >= 0.3 is 0 Å². The Morgan fingerprint density at radius 1 is 1.21 bits per heavy atom. The number of likely N-dealkylation sites (N-methyl/N-ethyl adjacent to an activating group) is 1. The van der Waals surface area contributed by atoms with Gasteiger partial charge in [-0.15, -0.1) is 0 Å². The van der Waals surface area contributed by atoms with Gasteiger partial charge in [0, 0.05) is 0 Å². The predicted molar refractivity (Wildman–Crippen MR) is 60.4 cm³/mol.